The van der Waals surface area contributed by atoms with E-state index in [9.17, 15) is 18.0 Å². The lowest BCUT2D eigenvalue weighted by Gasteiger charge is -2.30. The Labute approximate surface area is 108 Å². The van der Waals surface area contributed by atoms with Gasteiger partial charge in [-0.2, -0.15) is 18.4 Å². The first-order valence-electron chi connectivity index (χ1n) is 5.74. The Balaban J connectivity index is 2.23. The average Bonchev–Trinajstić information content (AvgIpc) is 2.29. The molecular formula is C11H15F3N2OS. The molecule has 0 spiro atoms. The number of carbonyl (C=O) groups excluding carboxylic acids is 1. The first kappa shape index (κ1) is 15.2. The summed E-state index contributed by atoms with van der Waals surface area (Å²) in [5.74, 6) is -0.995. The summed E-state index contributed by atoms with van der Waals surface area (Å²) in [4.78, 5) is 11.4. The van der Waals surface area contributed by atoms with Crippen LogP contribution in [-0.2, 0) is 4.79 Å². The number of hydrogen-bond donors (Lipinski definition) is 1. The van der Waals surface area contributed by atoms with E-state index in [-0.39, 0.29) is 36.3 Å². The number of thioether (sulfide) groups is 1. The SMILES string of the molecule is N#CCSCC(=O)NC1CCC(C(F)(F)F)CC1. The van der Waals surface area contributed by atoms with Crippen LogP contribution in [0.25, 0.3) is 0 Å². The lowest BCUT2D eigenvalue weighted by atomic mass is 9.85. The van der Waals surface area contributed by atoms with Crippen molar-refractivity contribution in [2.24, 2.45) is 5.92 Å². The second kappa shape index (κ2) is 6.88. The number of carbonyl (C=O) groups is 1. The molecule has 1 N–H and O–H groups in total. The number of nitrogens with one attached hydrogen (secondary N) is 1. The molecule has 0 aliphatic heterocycles. The third-order valence-electron chi connectivity index (χ3n) is 2.95. The van der Waals surface area contributed by atoms with Gasteiger partial charge in [0.25, 0.3) is 0 Å². The van der Waals surface area contributed by atoms with E-state index in [1.807, 2.05) is 6.07 Å². The van der Waals surface area contributed by atoms with Crippen molar-refractivity contribution in [2.45, 2.75) is 37.9 Å². The second-order valence-electron chi connectivity index (χ2n) is 4.31. The Morgan fingerprint density at radius 1 is 1.33 bits per heavy atom. The predicted octanol–water partition coefficient (Wildman–Crippen LogP) is 2.48. The van der Waals surface area contributed by atoms with Crippen molar-refractivity contribution in [1.82, 2.24) is 5.32 Å². The van der Waals surface area contributed by atoms with Crippen molar-refractivity contribution < 1.29 is 18.0 Å². The average molecular weight is 280 g/mol. The third kappa shape index (κ3) is 5.17. The smallest absolute Gasteiger partial charge is 0.353 e. The van der Waals surface area contributed by atoms with E-state index in [0.29, 0.717) is 12.8 Å². The minimum absolute atomic E-state index is 0.0831. The van der Waals surface area contributed by atoms with Crippen LogP contribution in [0, 0.1) is 17.2 Å². The number of amides is 1. The monoisotopic (exact) mass is 280 g/mol. The highest BCUT2D eigenvalue weighted by atomic mass is 32.2. The minimum atomic E-state index is -4.11. The van der Waals surface area contributed by atoms with Crippen molar-refractivity contribution in [1.29, 1.82) is 5.26 Å². The van der Waals surface area contributed by atoms with Gasteiger partial charge in [-0.25, -0.2) is 0 Å². The molecule has 0 radical (unpaired) electrons. The van der Waals surface area contributed by atoms with E-state index in [1.54, 1.807) is 0 Å². The molecule has 0 aromatic heterocycles. The van der Waals surface area contributed by atoms with Gasteiger partial charge in [-0.15, -0.1) is 11.8 Å². The molecule has 102 valence electrons. The number of halogens is 3. The van der Waals surface area contributed by atoms with Gasteiger partial charge in [-0.3, -0.25) is 4.79 Å². The normalized spacial score (nSPS) is 24.3. The molecule has 7 heteroatoms. The summed E-state index contributed by atoms with van der Waals surface area (Å²) in [6.45, 7) is 0. The van der Waals surface area contributed by atoms with Crippen LogP contribution < -0.4 is 5.32 Å². The molecule has 1 amide bonds. The second-order valence-corrected chi connectivity index (χ2v) is 5.29. The van der Waals surface area contributed by atoms with E-state index in [1.165, 1.54) is 11.8 Å². The van der Waals surface area contributed by atoms with Gasteiger partial charge in [-0.05, 0) is 25.7 Å². The van der Waals surface area contributed by atoms with E-state index in [0.717, 1.165) is 0 Å². The van der Waals surface area contributed by atoms with Gasteiger partial charge in [-0.1, -0.05) is 0 Å². The maximum Gasteiger partial charge on any atom is 0.391 e. The van der Waals surface area contributed by atoms with Crippen LogP contribution in [-0.4, -0.2) is 29.6 Å². The Bertz CT molecular complexity index is 319. The Morgan fingerprint density at radius 2 is 1.94 bits per heavy atom. The zero-order chi connectivity index (χ0) is 13.6. The number of nitriles is 1. The molecule has 1 saturated carbocycles. The van der Waals surface area contributed by atoms with E-state index >= 15 is 0 Å². The standard InChI is InChI=1S/C11H15F3N2OS/c12-11(13,14)8-1-3-9(4-2-8)16-10(17)7-18-6-5-15/h8-9H,1-4,6-7H2,(H,16,17). The molecule has 3 nitrogen and oxygen atoms in total. The summed E-state index contributed by atoms with van der Waals surface area (Å²) in [6, 6.07) is 1.75. The summed E-state index contributed by atoms with van der Waals surface area (Å²) in [5.41, 5.74) is 0. The summed E-state index contributed by atoms with van der Waals surface area (Å²) in [5, 5.41) is 11.0. The highest BCUT2D eigenvalue weighted by Gasteiger charge is 2.41. The maximum absolute atomic E-state index is 12.4. The molecule has 0 aromatic rings. The van der Waals surface area contributed by atoms with Crippen molar-refractivity contribution >= 4 is 17.7 Å². The topological polar surface area (TPSA) is 52.9 Å². The summed E-state index contributed by atoms with van der Waals surface area (Å²) < 4.78 is 37.2. The summed E-state index contributed by atoms with van der Waals surface area (Å²) in [6.07, 6.45) is -3.20. The zero-order valence-corrected chi connectivity index (χ0v) is 10.6. The largest absolute Gasteiger partial charge is 0.391 e. The summed E-state index contributed by atoms with van der Waals surface area (Å²) >= 11 is 1.20. The molecule has 0 heterocycles. The summed E-state index contributed by atoms with van der Waals surface area (Å²) in [7, 11) is 0. The van der Waals surface area contributed by atoms with Gasteiger partial charge in [0.2, 0.25) is 5.91 Å². The molecule has 18 heavy (non-hydrogen) atoms. The minimum Gasteiger partial charge on any atom is -0.353 e. The van der Waals surface area contributed by atoms with Gasteiger partial charge in [0.15, 0.2) is 0 Å². The zero-order valence-electron chi connectivity index (χ0n) is 9.79. The van der Waals surface area contributed by atoms with Crippen molar-refractivity contribution in [3.8, 4) is 6.07 Å². The molecule has 0 atom stereocenters. The van der Waals surface area contributed by atoms with Crippen LogP contribution in [0.3, 0.4) is 0 Å². The van der Waals surface area contributed by atoms with Gasteiger partial charge in [0.05, 0.1) is 23.5 Å². The quantitative estimate of drug-likeness (QED) is 0.805. The fraction of sp³-hybridized carbons (Fsp3) is 0.818. The third-order valence-corrected chi connectivity index (χ3v) is 3.75. The van der Waals surface area contributed by atoms with Crippen LogP contribution in [0.2, 0.25) is 0 Å². The first-order chi connectivity index (χ1) is 8.43. The van der Waals surface area contributed by atoms with Crippen molar-refractivity contribution in [3.63, 3.8) is 0 Å². The van der Waals surface area contributed by atoms with Crippen molar-refractivity contribution in [3.05, 3.63) is 0 Å². The van der Waals surface area contributed by atoms with Crippen LogP contribution in [0.5, 0.6) is 0 Å². The molecule has 0 aromatic carbocycles. The van der Waals surface area contributed by atoms with E-state index < -0.39 is 12.1 Å². The Hall–Kier alpha value is -0.900. The van der Waals surface area contributed by atoms with Gasteiger partial charge < -0.3 is 5.32 Å². The molecular weight excluding hydrogens is 265 g/mol. The predicted molar refractivity (Wildman–Crippen MR) is 62.9 cm³/mol. The fourth-order valence-electron chi connectivity index (χ4n) is 2.02. The lowest BCUT2D eigenvalue weighted by molar-refractivity contribution is -0.182. The van der Waals surface area contributed by atoms with E-state index in [2.05, 4.69) is 5.32 Å². The molecule has 1 fully saturated rings. The van der Waals surface area contributed by atoms with Crippen molar-refractivity contribution in [2.75, 3.05) is 11.5 Å². The number of rotatable bonds is 4. The molecule has 1 aliphatic carbocycles. The molecule has 0 unspecified atom stereocenters. The molecule has 1 aliphatic rings. The molecule has 0 bridgehead atoms. The van der Waals surface area contributed by atoms with Crippen LogP contribution in [0.4, 0.5) is 13.2 Å². The van der Waals surface area contributed by atoms with Crippen LogP contribution in [0.15, 0.2) is 0 Å². The highest BCUT2D eigenvalue weighted by molar-refractivity contribution is 8.00. The Kier molecular flexibility index (Phi) is 5.79. The molecule has 0 saturated heterocycles. The van der Waals surface area contributed by atoms with Crippen LogP contribution >= 0.6 is 11.8 Å². The van der Waals surface area contributed by atoms with Crippen LogP contribution in [0.1, 0.15) is 25.7 Å². The number of nitrogens with zero attached hydrogens (tertiary/aromatic N) is 1. The van der Waals surface area contributed by atoms with Gasteiger partial charge in [0.1, 0.15) is 0 Å². The van der Waals surface area contributed by atoms with Gasteiger partial charge in [0, 0.05) is 6.04 Å². The lowest BCUT2D eigenvalue weighted by Crippen LogP contribution is -2.40. The Morgan fingerprint density at radius 3 is 2.44 bits per heavy atom. The number of alkyl halides is 3. The maximum atomic E-state index is 12.4. The van der Waals surface area contributed by atoms with E-state index in [4.69, 9.17) is 5.26 Å². The molecule has 1 rings (SSSR count). The highest BCUT2D eigenvalue weighted by Crippen LogP contribution is 2.37. The first-order valence-corrected chi connectivity index (χ1v) is 6.89. The fourth-order valence-corrected chi connectivity index (χ4v) is 2.49. The van der Waals surface area contributed by atoms with Gasteiger partial charge >= 0.3 is 6.18 Å². The number of hydrogen-bond acceptors (Lipinski definition) is 3.